The lowest BCUT2D eigenvalue weighted by Gasteiger charge is -2.21. The Kier molecular flexibility index (Phi) is 5.39. The highest BCUT2D eigenvalue weighted by atomic mass is 16.2. The van der Waals surface area contributed by atoms with Gasteiger partial charge in [-0.2, -0.15) is 0 Å². The molecule has 0 aromatic heterocycles. The minimum absolute atomic E-state index is 0.0463. The Labute approximate surface area is 143 Å². The van der Waals surface area contributed by atoms with Crippen LogP contribution in [0, 0.1) is 0 Å². The smallest absolute Gasteiger partial charge is 0.316 e. The molecule has 1 N–H and O–H groups in total. The maximum Gasteiger partial charge on any atom is 0.316 e. The number of rotatable bonds is 3. The lowest BCUT2D eigenvalue weighted by atomic mass is 9.87. The molecule has 2 aromatic rings. The molecule has 0 aliphatic carbocycles. The first-order chi connectivity index (χ1) is 11.3. The molecule has 0 aliphatic heterocycles. The molecule has 0 aliphatic rings. The summed E-state index contributed by atoms with van der Waals surface area (Å²) in [5.41, 5.74) is 2.55. The van der Waals surface area contributed by atoms with Crippen molar-refractivity contribution in [2.24, 2.45) is 0 Å². The molecule has 0 unspecified atom stereocenters. The average Bonchev–Trinajstić information content (AvgIpc) is 2.56. The van der Waals surface area contributed by atoms with Gasteiger partial charge in [-0.25, -0.2) is 0 Å². The summed E-state index contributed by atoms with van der Waals surface area (Å²) < 4.78 is 0. The number of anilines is 2. The van der Waals surface area contributed by atoms with Crippen LogP contribution in [-0.4, -0.2) is 18.4 Å². The normalized spacial score (nSPS) is 11.0. The number of para-hydroxylation sites is 1. The zero-order valence-electron chi connectivity index (χ0n) is 14.7. The molecule has 0 radical (unpaired) electrons. The fourth-order valence-corrected chi connectivity index (χ4v) is 2.41. The number of nitrogens with zero attached hydrogens (tertiary/aromatic N) is 1. The van der Waals surface area contributed by atoms with E-state index < -0.39 is 11.8 Å². The minimum atomic E-state index is -0.635. The molecule has 2 aromatic carbocycles. The van der Waals surface area contributed by atoms with Crippen molar-refractivity contribution in [3.63, 3.8) is 0 Å². The Morgan fingerprint density at radius 1 is 0.958 bits per heavy atom. The van der Waals surface area contributed by atoms with Crippen LogP contribution in [-0.2, 0) is 15.0 Å². The van der Waals surface area contributed by atoms with Crippen LogP contribution in [0.25, 0.3) is 0 Å². The van der Waals surface area contributed by atoms with Gasteiger partial charge >= 0.3 is 11.8 Å². The number of benzene rings is 2. The van der Waals surface area contributed by atoms with Gasteiger partial charge < -0.3 is 10.2 Å². The molecule has 0 atom stereocenters. The highest BCUT2D eigenvalue weighted by Crippen LogP contribution is 2.23. The Morgan fingerprint density at radius 3 is 2.04 bits per heavy atom. The lowest BCUT2D eigenvalue weighted by molar-refractivity contribution is -0.134. The van der Waals surface area contributed by atoms with E-state index in [1.165, 1.54) is 10.5 Å². The van der Waals surface area contributed by atoms with Gasteiger partial charge in [0.05, 0.1) is 0 Å². The standard InChI is InChI=1S/C20H24N2O2/c1-5-22(17-9-7-6-8-10-17)19(24)18(23)21-16-13-11-15(12-14-16)20(2,3)4/h6-14H,5H2,1-4H3,(H,21,23). The van der Waals surface area contributed by atoms with Crippen molar-refractivity contribution in [1.29, 1.82) is 0 Å². The van der Waals surface area contributed by atoms with Crippen LogP contribution in [0.3, 0.4) is 0 Å². The van der Waals surface area contributed by atoms with E-state index >= 15 is 0 Å². The van der Waals surface area contributed by atoms with Crippen LogP contribution in [0.1, 0.15) is 33.3 Å². The summed E-state index contributed by atoms with van der Waals surface area (Å²) in [6.07, 6.45) is 0. The maximum absolute atomic E-state index is 12.4. The molecule has 2 rings (SSSR count). The molecule has 0 spiro atoms. The summed E-state index contributed by atoms with van der Waals surface area (Å²) >= 11 is 0. The highest BCUT2D eigenvalue weighted by molar-refractivity contribution is 6.44. The molecule has 0 heterocycles. The molecule has 24 heavy (non-hydrogen) atoms. The van der Waals surface area contributed by atoms with Crippen LogP contribution in [0.4, 0.5) is 11.4 Å². The Balaban J connectivity index is 2.10. The number of nitrogens with one attached hydrogen (secondary N) is 1. The van der Waals surface area contributed by atoms with E-state index in [4.69, 9.17) is 0 Å². The van der Waals surface area contributed by atoms with Crippen molar-refractivity contribution >= 4 is 23.2 Å². The summed E-state index contributed by atoms with van der Waals surface area (Å²) in [7, 11) is 0. The fraction of sp³-hybridized carbons (Fsp3) is 0.300. The van der Waals surface area contributed by atoms with Gasteiger partial charge in [-0.3, -0.25) is 9.59 Å². The second kappa shape index (κ2) is 7.30. The summed E-state index contributed by atoms with van der Waals surface area (Å²) in [4.78, 5) is 26.1. The van der Waals surface area contributed by atoms with Gasteiger partial charge in [0, 0.05) is 17.9 Å². The van der Waals surface area contributed by atoms with Crippen LogP contribution < -0.4 is 10.2 Å². The predicted octanol–water partition coefficient (Wildman–Crippen LogP) is 3.98. The van der Waals surface area contributed by atoms with Gasteiger partial charge in [0.25, 0.3) is 0 Å². The maximum atomic E-state index is 12.4. The van der Waals surface area contributed by atoms with E-state index in [1.54, 1.807) is 0 Å². The quantitative estimate of drug-likeness (QED) is 0.868. The largest absolute Gasteiger partial charge is 0.318 e. The van der Waals surface area contributed by atoms with E-state index in [0.29, 0.717) is 17.9 Å². The predicted molar refractivity (Wildman–Crippen MR) is 98.2 cm³/mol. The minimum Gasteiger partial charge on any atom is -0.318 e. The first-order valence-corrected chi connectivity index (χ1v) is 8.11. The van der Waals surface area contributed by atoms with Crippen molar-refractivity contribution in [1.82, 2.24) is 0 Å². The number of hydrogen-bond acceptors (Lipinski definition) is 2. The first kappa shape index (κ1) is 17.7. The van der Waals surface area contributed by atoms with E-state index in [-0.39, 0.29) is 5.41 Å². The summed E-state index contributed by atoms with van der Waals surface area (Å²) in [5, 5.41) is 2.67. The van der Waals surface area contributed by atoms with Gasteiger partial charge in [-0.05, 0) is 42.2 Å². The molecule has 0 saturated carbocycles. The van der Waals surface area contributed by atoms with Gasteiger partial charge in [0.1, 0.15) is 0 Å². The molecule has 4 heteroatoms. The molecular formula is C20H24N2O2. The van der Waals surface area contributed by atoms with E-state index in [1.807, 2.05) is 61.5 Å². The highest BCUT2D eigenvalue weighted by Gasteiger charge is 2.22. The fourth-order valence-electron chi connectivity index (χ4n) is 2.41. The molecular weight excluding hydrogens is 300 g/mol. The third-order valence-electron chi connectivity index (χ3n) is 3.83. The van der Waals surface area contributed by atoms with Crippen molar-refractivity contribution in [2.45, 2.75) is 33.1 Å². The van der Waals surface area contributed by atoms with Crippen LogP contribution >= 0.6 is 0 Å². The summed E-state index contributed by atoms with van der Waals surface area (Å²) in [6.45, 7) is 8.66. The topological polar surface area (TPSA) is 49.4 Å². The number of amides is 2. The first-order valence-electron chi connectivity index (χ1n) is 8.11. The third-order valence-corrected chi connectivity index (χ3v) is 3.83. The Morgan fingerprint density at radius 2 is 1.54 bits per heavy atom. The van der Waals surface area contributed by atoms with E-state index in [9.17, 15) is 9.59 Å². The lowest BCUT2D eigenvalue weighted by Crippen LogP contribution is -2.39. The second-order valence-corrected chi connectivity index (χ2v) is 6.67. The monoisotopic (exact) mass is 324 g/mol. The molecule has 0 fully saturated rings. The third kappa shape index (κ3) is 4.22. The van der Waals surface area contributed by atoms with Crippen molar-refractivity contribution in [3.8, 4) is 0 Å². The van der Waals surface area contributed by atoms with Crippen molar-refractivity contribution in [2.75, 3.05) is 16.8 Å². The van der Waals surface area contributed by atoms with Gasteiger partial charge in [-0.15, -0.1) is 0 Å². The van der Waals surface area contributed by atoms with Crippen LogP contribution in [0.5, 0.6) is 0 Å². The number of carbonyl (C=O) groups excluding carboxylic acids is 2. The summed E-state index contributed by atoms with van der Waals surface area (Å²) in [5.74, 6) is -1.20. The number of carbonyl (C=O) groups is 2. The van der Waals surface area contributed by atoms with E-state index in [0.717, 1.165) is 0 Å². The molecule has 0 bridgehead atoms. The van der Waals surface area contributed by atoms with Crippen LogP contribution in [0.15, 0.2) is 54.6 Å². The van der Waals surface area contributed by atoms with Crippen LogP contribution in [0.2, 0.25) is 0 Å². The number of likely N-dealkylation sites (N-methyl/N-ethyl adjacent to an activating group) is 1. The number of hydrogen-bond donors (Lipinski definition) is 1. The Hall–Kier alpha value is -2.62. The summed E-state index contributed by atoms with van der Waals surface area (Å²) in [6, 6.07) is 16.8. The van der Waals surface area contributed by atoms with Gasteiger partial charge in [0.15, 0.2) is 0 Å². The van der Waals surface area contributed by atoms with E-state index in [2.05, 4.69) is 26.1 Å². The van der Waals surface area contributed by atoms with Crippen molar-refractivity contribution in [3.05, 3.63) is 60.2 Å². The molecule has 0 saturated heterocycles. The van der Waals surface area contributed by atoms with Gasteiger partial charge in [0.2, 0.25) is 0 Å². The SMILES string of the molecule is CCN(C(=O)C(=O)Nc1ccc(C(C)(C)C)cc1)c1ccccc1. The second-order valence-electron chi connectivity index (χ2n) is 6.67. The molecule has 126 valence electrons. The Bertz CT molecular complexity index is 701. The zero-order valence-corrected chi connectivity index (χ0v) is 14.7. The zero-order chi connectivity index (χ0) is 17.7. The average molecular weight is 324 g/mol. The molecule has 4 nitrogen and oxygen atoms in total. The molecule has 2 amide bonds. The van der Waals surface area contributed by atoms with Crippen molar-refractivity contribution < 1.29 is 9.59 Å². The van der Waals surface area contributed by atoms with Gasteiger partial charge in [-0.1, -0.05) is 51.1 Å².